The second-order valence-electron chi connectivity index (χ2n) is 5.07. The van der Waals surface area contributed by atoms with Gasteiger partial charge in [0.25, 0.3) is 0 Å². The SMILES string of the molecule is CCCNc1nc(C2CCS(=O)(=O)C2)nc(CC)c1I. The lowest BCUT2D eigenvalue weighted by atomic mass is 10.1. The molecule has 0 saturated carbocycles. The number of nitrogens with zero attached hydrogens (tertiary/aromatic N) is 2. The van der Waals surface area contributed by atoms with Crippen molar-refractivity contribution in [3.05, 3.63) is 15.1 Å². The molecule has 1 saturated heterocycles. The number of halogens is 1. The normalized spacial score (nSPS) is 21.1. The maximum absolute atomic E-state index is 11.6. The summed E-state index contributed by atoms with van der Waals surface area (Å²) in [7, 11) is -2.91. The predicted octanol–water partition coefficient (Wildman–Crippen LogP) is 2.37. The number of aryl methyl sites for hydroxylation is 1. The summed E-state index contributed by atoms with van der Waals surface area (Å²) in [6, 6.07) is 0. The van der Waals surface area contributed by atoms with Gasteiger partial charge in [0.2, 0.25) is 0 Å². The summed E-state index contributed by atoms with van der Waals surface area (Å²) in [5.41, 5.74) is 0.999. The summed E-state index contributed by atoms with van der Waals surface area (Å²) >= 11 is 2.26. The fraction of sp³-hybridized carbons (Fsp3) is 0.692. The van der Waals surface area contributed by atoms with Crippen molar-refractivity contribution < 1.29 is 8.42 Å². The van der Waals surface area contributed by atoms with Gasteiger partial charge < -0.3 is 5.32 Å². The molecule has 0 bridgehead atoms. The Labute approximate surface area is 134 Å². The second kappa shape index (κ2) is 6.55. The Bertz CT molecular complexity index is 590. The number of nitrogens with one attached hydrogen (secondary N) is 1. The van der Waals surface area contributed by atoms with E-state index in [-0.39, 0.29) is 17.4 Å². The van der Waals surface area contributed by atoms with E-state index in [0.29, 0.717) is 12.2 Å². The van der Waals surface area contributed by atoms with E-state index in [1.807, 2.05) is 0 Å². The lowest BCUT2D eigenvalue weighted by Crippen LogP contribution is -2.14. The number of hydrogen-bond donors (Lipinski definition) is 1. The topological polar surface area (TPSA) is 72.0 Å². The third kappa shape index (κ3) is 3.60. The van der Waals surface area contributed by atoms with E-state index in [9.17, 15) is 8.42 Å². The van der Waals surface area contributed by atoms with Crippen molar-refractivity contribution >= 4 is 38.2 Å². The van der Waals surface area contributed by atoms with Crippen LogP contribution in [-0.4, -0.2) is 36.4 Å². The summed E-state index contributed by atoms with van der Waals surface area (Å²) in [4.78, 5) is 9.16. The van der Waals surface area contributed by atoms with E-state index in [4.69, 9.17) is 0 Å². The van der Waals surface area contributed by atoms with Crippen LogP contribution in [0.2, 0.25) is 0 Å². The Morgan fingerprint density at radius 3 is 2.65 bits per heavy atom. The maximum Gasteiger partial charge on any atom is 0.151 e. The summed E-state index contributed by atoms with van der Waals surface area (Å²) in [6.07, 6.45) is 2.49. The first-order chi connectivity index (χ1) is 9.46. The Kier molecular flexibility index (Phi) is 5.22. The van der Waals surface area contributed by atoms with Crippen LogP contribution in [0.15, 0.2) is 0 Å². The number of hydrogen-bond acceptors (Lipinski definition) is 5. The third-order valence-electron chi connectivity index (χ3n) is 3.41. The smallest absolute Gasteiger partial charge is 0.151 e. The molecule has 1 aliphatic rings. The van der Waals surface area contributed by atoms with E-state index in [1.165, 1.54) is 0 Å². The highest BCUT2D eigenvalue weighted by Crippen LogP contribution is 2.29. The van der Waals surface area contributed by atoms with Crippen molar-refractivity contribution in [2.45, 2.75) is 39.0 Å². The molecule has 5 nitrogen and oxygen atoms in total. The monoisotopic (exact) mass is 409 g/mol. The van der Waals surface area contributed by atoms with Crippen LogP contribution in [0.5, 0.6) is 0 Å². The molecule has 20 heavy (non-hydrogen) atoms. The van der Waals surface area contributed by atoms with Crippen molar-refractivity contribution in [2.24, 2.45) is 0 Å². The van der Waals surface area contributed by atoms with Gasteiger partial charge in [-0.1, -0.05) is 13.8 Å². The summed E-state index contributed by atoms with van der Waals surface area (Å²) < 4.78 is 24.3. The first-order valence-corrected chi connectivity index (χ1v) is 9.87. The van der Waals surface area contributed by atoms with Gasteiger partial charge in [0.15, 0.2) is 9.84 Å². The molecule has 1 unspecified atom stereocenters. The fourth-order valence-electron chi connectivity index (χ4n) is 2.29. The quantitative estimate of drug-likeness (QED) is 0.757. The highest BCUT2D eigenvalue weighted by molar-refractivity contribution is 14.1. The number of sulfone groups is 1. The van der Waals surface area contributed by atoms with Gasteiger partial charge in [-0.25, -0.2) is 18.4 Å². The number of aromatic nitrogens is 2. The van der Waals surface area contributed by atoms with Crippen LogP contribution in [0.3, 0.4) is 0 Å². The molecule has 0 amide bonds. The zero-order chi connectivity index (χ0) is 14.8. The molecule has 1 aliphatic heterocycles. The van der Waals surface area contributed by atoms with Crippen molar-refractivity contribution in [2.75, 3.05) is 23.4 Å². The minimum Gasteiger partial charge on any atom is -0.369 e. The molecular formula is C13H20IN3O2S. The molecular weight excluding hydrogens is 389 g/mol. The molecule has 0 aliphatic carbocycles. The average Bonchev–Trinajstić information content (AvgIpc) is 2.78. The van der Waals surface area contributed by atoms with Crippen LogP contribution in [0, 0.1) is 3.57 Å². The van der Waals surface area contributed by atoms with Gasteiger partial charge in [-0.2, -0.15) is 0 Å². The minimum atomic E-state index is -2.91. The summed E-state index contributed by atoms with van der Waals surface area (Å²) in [6.45, 7) is 5.02. The molecule has 1 aromatic heterocycles. The van der Waals surface area contributed by atoms with Crippen LogP contribution in [0.1, 0.15) is 44.1 Å². The molecule has 1 aromatic rings. The lowest BCUT2D eigenvalue weighted by Gasteiger charge is -2.14. The standard InChI is InChI=1S/C13H20IN3O2S/c1-3-6-15-13-11(14)10(4-2)16-12(17-13)9-5-7-20(18,19)8-9/h9H,3-8H2,1-2H3,(H,15,16,17). The lowest BCUT2D eigenvalue weighted by molar-refractivity contribution is 0.601. The van der Waals surface area contributed by atoms with E-state index in [2.05, 4.69) is 51.7 Å². The minimum absolute atomic E-state index is 0.0514. The van der Waals surface area contributed by atoms with Gasteiger partial charge in [-0.05, 0) is 41.9 Å². The molecule has 0 aromatic carbocycles. The largest absolute Gasteiger partial charge is 0.369 e. The molecule has 112 valence electrons. The fourth-order valence-corrected chi connectivity index (χ4v) is 4.84. The molecule has 7 heteroatoms. The van der Waals surface area contributed by atoms with Crippen molar-refractivity contribution in [3.8, 4) is 0 Å². The maximum atomic E-state index is 11.6. The van der Waals surface area contributed by atoms with Gasteiger partial charge in [0, 0.05) is 12.5 Å². The van der Waals surface area contributed by atoms with Crippen LogP contribution < -0.4 is 5.32 Å². The summed E-state index contributed by atoms with van der Waals surface area (Å²) in [5, 5.41) is 3.31. The number of anilines is 1. The van der Waals surface area contributed by atoms with E-state index in [1.54, 1.807) is 0 Å². The Hall–Kier alpha value is -0.440. The zero-order valence-corrected chi connectivity index (χ0v) is 14.8. The van der Waals surface area contributed by atoms with Gasteiger partial charge in [0.1, 0.15) is 11.6 Å². The average molecular weight is 409 g/mol. The van der Waals surface area contributed by atoms with Crippen LogP contribution in [-0.2, 0) is 16.3 Å². The van der Waals surface area contributed by atoms with Gasteiger partial charge in [-0.3, -0.25) is 0 Å². The van der Waals surface area contributed by atoms with Gasteiger partial charge in [0.05, 0.1) is 20.8 Å². The van der Waals surface area contributed by atoms with Crippen LogP contribution in [0.4, 0.5) is 5.82 Å². The van der Waals surface area contributed by atoms with Crippen molar-refractivity contribution in [1.29, 1.82) is 0 Å². The first-order valence-electron chi connectivity index (χ1n) is 6.97. The van der Waals surface area contributed by atoms with Gasteiger partial charge >= 0.3 is 0 Å². The predicted molar refractivity (Wildman–Crippen MR) is 88.9 cm³/mol. The molecule has 0 spiro atoms. The Balaban J connectivity index is 2.33. The first kappa shape index (κ1) is 15.9. The van der Waals surface area contributed by atoms with Gasteiger partial charge in [-0.15, -0.1) is 0 Å². The van der Waals surface area contributed by atoms with E-state index >= 15 is 0 Å². The molecule has 1 N–H and O–H groups in total. The molecule has 2 rings (SSSR count). The second-order valence-corrected chi connectivity index (χ2v) is 8.38. The van der Waals surface area contributed by atoms with Crippen LogP contribution in [0.25, 0.3) is 0 Å². The molecule has 0 radical (unpaired) electrons. The van der Waals surface area contributed by atoms with Crippen molar-refractivity contribution in [1.82, 2.24) is 9.97 Å². The van der Waals surface area contributed by atoms with E-state index in [0.717, 1.165) is 34.5 Å². The Morgan fingerprint density at radius 1 is 1.35 bits per heavy atom. The number of rotatable bonds is 5. The third-order valence-corrected chi connectivity index (χ3v) is 6.31. The van der Waals surface area contributed by atoms with E-state index < -0.39 is 9.84 Å². The highest BCUT2D eigenvalue weighted by atomic mass is 127. The highest BCUT2D eigenvalue weighted by Gasteiger charge is 2.31. The molecule has 1 atom stereocenters. The molecule has 1 fully saturated rings. The molecule has 2 heterocycles. The summed E-state index contributed by atoms with van der Waals surface area (Å²) in [5.74, 6) is 1.92. The Morgan fingerprint density at radius 2 is 2.10 bits per heavy atom. The van der Waals surface area contributed by atoms with Crippen LogP contribution >= 0.6 is 22.6 Å². The van der Waals surface area contributed by atoms with Crippen molar-refractivity contribution in [3.63, 3.8) is 0 Å². The zero-order valence-electron chi connectivity index (χ0n) is 11.8.